The predicted octanol–water partition coefficient (Wildman–Crippen LogP) is 6.35. The molecule has 1 amide bonds. The van der Waals surface area contributed by atoms with E-state index in [4.69, 9.17) is 4.98 Å². The molecule has 4 heterocycles. The Bertz CT molecular complexity index is 1800. The number of anilines is 1. The van der Waals surface area contributed by atoms with E-state index in [-0.39, 0.29) is 17.6 Å². The summed E-state index contributed by atoms with van der Waals surface area (Å²) >= 11 is 0. The molecule has 0 unspecified atom stereocenters. The van der Waals surface area contributed by atoms with Crippen molar-refractivity contribution in [3.63, 3.8) is 0 Å². The molecule has 0 aliphatic rings. The number of benzene rings is 2. The van der Waals surface area contributed by atoms with Crippen LogP contribution in [0.15, 0.2) is 73.2 Å². The number of fused-ring (bicyclic) bond motifs is 2. The number of nitrogens with zero attached hydrogens (tertiary/aromatic N) is 4. The van der Waals surface area contributed by atoms with Gasteiger partial charge in [-0.05, 0) is 53.4 Å². The molecular formula is C29H24FN7O. The number of carbonyl (C=O) groups is 1. The molecule has 6 aromatic rings. The fourth-order valence-corrected chi connectivity index (χ4v) is 4.53. The molecule has 3 N–H and O–H groups in total. The standard InChI is InChI=1S/C29H24FN7O/c1-16(2)10-25(38)33-21-12-19(14-31-15-21)17-6-7-24-23(13-17)27(37-36-24)29-34-26-22(8-9-32-28(26)35-29)18-4-3-5-20(30)11-18/h3-9,11-16H,10H2,1-2H3,(H,33,38)(H,36,37)(H,32,34,35). The number of H-pyrrole nitrogens is 2. The number of aromatic amines is 2. The number of aromatic nitrogens is 6. The fraction of sp³-hybridized carbons (Fsp3) is 0.138. The lowest BCUT2D eigenvalue weighted by molar-refractivity contribution is -0.116. The Hall–Kier alpha value is -4.92. The van der Waals surface area contributed by atoms with Crippen molar-refractivity contribution in [2.45, 2.75) is 20.3 Å². The Balaban J connectivity index is 1.38. The van der Waals surface area contributed by atoms with Gasteiger partial charge in [-0.15, -0.1) is 0 Å². The smallest absolute Gasteiger partial charge is 0.224 e. The second-order valence-electron chi connectivity index (χ2n) is 9.59. The molecular weight excluding hydrogens is 481 g/mol. The number of hydrogen-bond donors (Lipinski definition) is 3. The van der Waals surface area contributed by atoms with E-state index in [2.05, 4.69) is 30.5 Å². The van der Waals surface area contributed by atoms with Gasteiger partial charge in [0, 0.05) is 35.3 Å². The van der Waals surface area contributed by atoms with Crippen LogP contribution in [-0.2, 0) is 4.79 Å². The zero-order valence-corrected chi connectivity index (χ0v) is 20.8. The summed E-state index contributed by atoms with van der Waals surface area (Å²) < 4.78 is 13.9. The number of hydrogen-bond acceptors (Lipinski definition) is 5. The van der Waals surface area contributed by atoms with Crippen molar-refractivity contribution in [2.75, 3.05) is 5.32 Å². The van der Waals surface area contributed by atoms with E-state index < -0.39 is 0 Å². The minimum absolute atomic E-state index is 0.0392. The lowest BCUT2D eigenvalue weighted by Crippen LogP contribution is -2.13. The predicted molar refractivity (Wildman–Crippen MR) is 146 cm³/mol. The summed E-state index contributed by atoms with van der Waals surface area (Å²) in [6, 6.07) is 16.1. The average Bonchev–Trinajstić information content (AvgIpc) is 3.52. The van der Waals surface area contributed by atoms with Gasteiger partial charge in [-0.3, -0.25) is 14.9 Å². The zero-order valence-electron chi connectivity index (χ0n) is 20.8. The molecule has 0 fully saturated rings. The Morgan fingerprint density at radius 1 is 1.03 bits per heavy atom. The maximum Gasteiger partial charge on any atom is 0.224 e. The van der Waals surface area contributed by atoms with Crippen molar-refractivity contribution in [3.05, 3.63) is 79.0 Å². The van der Waals surface area contributed by atoms with Crippen LogP contribution in [0.3, 0.4) is 0 Å². The Kier molecular flexibility index (Phi) is 5.88. The van der Waals surface area contributed by atoms with E-state index in [1.165, 1.54) is 12.1 Å². The molecule has 4 aromatic heterocycles. The summed E-state index contributed by atoms with van der Waals surface area (Å²) in [5, 5.41) is 11.4. The van der Waals surface area contributed by atoms with Crippen LogP contribution < -0.4 is 5.32 Å². The zero-order chi connectivity index (χ0) is 26.2. The van der Waals surface area contributed by atoms with E-state index in [0.717, 1.165) is 33.2 Å². The summed E-state index contributed by atoms with van der Waals surface area (Å²) in [5.74, 6) is 0.466. The summed E-state index contributed by atoms with van der Waals surface area (Å²) in [4.78, 5) is 29.0. The first-order valence-electron chi connectivity index (χ1n) is 12.3. The third-order valence-corrected chi connectivity index (χ3v) is 6.26. The van der Waals surface area contributed by atoms with Gasteiger partial charge in [-0.25, -0.2) is 14.4 Å². The van der Waals surface area contributed by atoms with Crippen LogP contribution >= 0.6 is 0 Å². The average molecular weight is 506 g/mol. The summed E-state index contributed by atoms with van der Waals surface area (Å²) in [5.41, 5.74) is 6.63. The monoisotopic (exact) mass is 505 g/mol. The molecule has 0 radical (unpaired) electrons. The van der Waals surface area contributed by atoms with Crippen LogP contribution in [-0.4, -0.2) is 36.0 Å². The van der Waals surface area contributed by atoms with Crippen molar-refractivity contribution < 1.29 is 9.18 Å². The lowest BCUT2D eigenvalue weighted by Gasteiger charge is -2.09. The lowest BCUT2D eigenvalue weighted by atomic mass is 10.0. The van der Waals surface area contributed by atoms with Crippen LogP contribution in [0.25, 0.3) is 55.8 Å². The SMILES string of the molecule is CC(C)CC(=O)Nc1cncc(-c2ccc3[nH]nc(-c4nc5c(-c6cccc(F)c6)ccnc5[nH]4)c3c2)c1. The first-order valence-corrected chi connectivity index (χ1v) is 12.3. The van der Waals surface area contributed by atoms with Crippen LogP contribution in [0.4, 0.5) is 10.1 Å². The molecule has 0 aliphatic heterocycles. The third kappa shape index (κ3) is 4.50. The Labute approximate surface area is 217 Å². The molecule has 0 atom stereocenters. The van der Waals surface area contributed by atoms with Crippen molar-refractivity contribution in [1.82, 2.24) is 30.1 Å². The number of carbonyl (C=O) groups excluding carboxylic acids is 1. The fourth-order valence-electron chi connectivity index (χ4n) is 4.53. The van der Waals surface area contributed by atoms with Crippen molar-refractivity contribution >= 4 is 33.7 Å². The molecule has 0 aliphatic carbocycles. The van der Waals surface area contributed by atoms with Gasteiger partial charge in [0.1, 0.15) is 17.0 Å². The first kappa shape index (κ1) is 23.5. The molecule has 9 heteroatoms. The Morgan fingerprint density at radius 2 is 1.92 bits per heavy atom. The minimum Gasteiger partial charge on any atom is -0.325 e. The van der Waals surface area contributed by atoms with Gasteiger partial charge in [0.05, 0.1) is 17.4 Å². The number of pyridine rings is 2. The highest BCUT2D eigenvalue weighted by molar-refractivity contribution is 5.98. The normalized spacial score (nSPS) is 11.5. The van der Waals surface area contributed by atoms with Crippen LogP contribution in [0.5, 0.6) is 0 Å². The van der Waals surface area contributed by atoms with Gasteiger partial charge >= 0.3 is 0 Å². The highest BCUT2D eigenvalue weighted by atomic mass is 19.1. The van der Waals surface area contributed by atoms with Gasteiger partial charge in [0.15, 0.2) is 11.5 Å². The molecule has 0 bridgehead atoms. The molecule has 2 aromatic carbocycles. The van der Waals surface area contributed by atoms with E-state index in [1.807, 2.05) is 50.2 Å². The molecule has 0 saturated heterocycles. The van der Waals surface area contributed by atoms with Gasteiger partial charge in [0.2, 0.25) is 5.91 Å². The minimum atomic E-state index is -0.313. The maximum atomic E-state index is 13.9. The van der Waals surface area contributed by atoms with Crippen molar-refractivity contribution in [2.24, 2.45) is 5.92 Å². The van der Waals surface area contributed by atoms with Crippen LogP contribution in [0.2, 0.25) is 0 Å². The molecule has 0 saturated carbocycles. The number of nitrogens with one attached hydrogen (secondary N) is 3. The molecule has 8 nitrogen and oxygen atoms in total. The summed E-state index contributed by atoms with van der Waals surface area (Å²) in [6.45, 7) is 4.01. The topological polar surface area (TPSA) is 112 Å². The molecule has 6 rings (SSSR count). The summed E-state index contributed by atoms with van der Waals surface area (Å²) in [6.07, 6.45) is 5.52. The van der Waals surface area contributed by atoms with Crippen molar-refractivity contribution in [3.8, 4) is 33.8 Å². The van der Waals surface area contributed by atoms with Gasteiger partial charge < -0.3 is 10.3 Å². The second kappa shape index (κ2) is 9.51. The molecule has 38 heavy (non-hydrogen) atoms. The first-order chi connectivity index (χ1) is 18.4. The number of halogens is 1. The number of rotatable bonds is 6. The highest BCUT2D eigenvalue weighted by Gasteiger charge is 2.17. The van der Waals surface area contributed by atoms with Gasteiger partial charge in [-0.1, -0.05) is 32.0 Å². The van der Waals surface area contributed by atoms with Gasteiger partial charge in [0.25, 0.3) is 0 Å². The quantitative estimate of drug-likeness (QED) is 0.244. The second-order valence-corrected chi connectivity index (χ2v) is 9.59. The number of imidazole rings is 1. The summed E-state index contributed by atoms with van der Waals surface area (Å²) in [7, 11) is 0. The van der Waals surface area contributed by atoms with Crippen LogP contribution in [0.1, 0.15) is 20.3 Å². The van der Waals surface area contributed by atoms with Crippen LogP contribution in [0, 0.1) is 11.7 Å². The Morgan fingerprint density at radius 3 is 2.76 bits per heavy atom. The highest BCUT2D eigenvalue weighted by Crippen LogP contribution is 2.33. The van der Waals surface area contributed by atoms with Gasteiger partial charge in [-0.2, -0.15) is 5.10 Å². The van der Waals surface area contributed by atoms with E-state index in [9.17, 15) is 9.18 Å². The van der Waals surface area contributed by atoms with E-state index >= 15 is 0 Å². The molecule has 0 spiro atoms. The molecule has 188 valence electrons. The largest absolute Gasteiger partial charge is 0.325 e. The third-order valence-electron chi connectivity index (χ3n) is 6.26. The van der Waals surface area contributed by atoms with E-state index in [0.29, 0.717) is 34.8 Å². The van der Waals surface area contributed by atoms with E-state index in [1.54, 1.807) is 24.7 Å². The van der Waals surface area contributed by atoms with Crippen molar-refractivity contribution in [1.29, 1.82) is 0 Å². The maximum absolute atomic E-state index is 13.9. The number of amides is 1.